The summed E-state index contributed by atoms with van der Waals surface area (Å²) in [6.45, 7) is 3.89. The van der Waals surface area contributed by atoms with E-state index in [4.69, 9.17) is 0 Å². The van der Waals surface area contributed by atoms with Crippen LogP contribution in [0, 0.1) is 6.92 Å². The molecule has 0 bridgehead atoms. The highest BCUT2D eigenvalue weighted by atomic mass is 15.2. The molecule has 5 nitrogen and oxygen atoms in total. The van der Waals surface area contributed by atoms with E-state index >= 15 is 0 Å². The van der Waals surface area contributed by atoms with E-state index in [1.807, 2.05) is 31.6 Å². The topological polar surface area (TPSA) is 54.8 Å². The fourth-order valence-electron chi connectivity index (χ4n) is 2.75. The molecule has 3 heterocycles. The summed E-state index contributed by atoms with van der Waals surface area (Å²) in [6, 6.07) is 2.40. The minimum absolute atomic E-state index is 0.382. The van der Waals surface area contributed by atoms with Gasteiger partial charge in [0.2, 0.25) is 0 Å². The first-order valence-corrected chi connectivity index (χ1v) is 7.10. The Morgan fingerprint density at radius 3 is 2.80 bits per heavy atom. The zero-order valence-electron chi connectivity index (χ0n) is 11.7. The van der Waals surface area contributed by atoms with Gasteiger partial charge in [-0.25, -0.2) is 19.9 Å². The maximum absolute atomic E-state index is 4.42. The van der Waals surface area contributed by atoms with Crippen molar-refractivity contribution in [3.05, 3.63) is 48.1 Å². The number of aryl methyl sites for hydroxylation is 1. The van der Waals surface area contributed by atoms with Gasteiger partial charge >= 0.3 is 0 Å². The third-order valence-electron chi connectivity index (χ3n) is 3.78. The third-order valence-corrected chi connectivity index (χ3v) is 3.78. The molecular weight excluding hydrogens is 250 g/mol. The highest BCUT2D eigenvalue weighted by Gasteiger charge is 2.24. The highest BCUT2D eigenvalue weighted by molar-refractivity contribution is 5.10. The summed E-state index contributed by atoms with van der Waals surface area (Å²) < 4.78 is 0. The molecule has 1 aliphatic heterocycles. The average Bonchev–Trinajstić information content (AvgIpc) is 2.51. The monoisotopic (exact) mass is 269 g/mol. The van der Waals surface area contributed by atoms with E-state index in [0.29, 0.717) is 6.04 Å². The maximum atomic E-state index is 4.42. The molecule has 1 aliphatic rings. The first-order chi connectivity index (χ1) is 9.83. The second-order valence-corrected chi connectivity index (χ2v) is 5.25. The maximum Gasteiger partial charge on any atom is 0.125 e. The summed E-state index contributed by atoms with van der Waals surface area (Å²) in [4.78, 5) is 19.5. The molecule has 0 N–H and O–H groups in total. The van der Waals surface area contributed by atoms with E-state index < -0.39 is 0 Å². The number of piperidine rings is 1. The van der Waals surface area contributed by atoms with Gasteiger partial charge in [0, 0.05) is 30.7 Å². The van der Waals surface area contributed by atoms with Crippen LogP contribution in [0.5, 0.6) is 0 Å². The van der Waals surface area contributed by atoms with Crippen LogP contribution < -0.4 is 0 Å². The molecule has 1 unspecified atom stereocenters. The van der Waals surface area contributed by atoms with Crippen molar-refractivity contribution in [3.8, 4) is 0 Å². The smallest absolute Gasteiger partial charge is 0.125 e. The molecule has 2 aromatic rings. The SMILES string of the molecule is Cc1ncc(CN2CCCCC2c2ccncn2)cn1. The Kier molecular flexibility index (Phi) is 3.97. The third kappa shape index (κ3) is 2.99. The Morgan fingerprint density at radius 1 is 1.20 bits per heavy atom. The Labute approximate surface area is 119 Å². The summed E-state index contributed by atoms with van der Waals surface area (Å²) in [7, 11) is 0. The Morgan fingerprint density at radius 2 is 2.05 bits per heavy atom. The summed E-state index contributed by atoms with van der Waals surface area (Å²) in [5.41, 5.74) is 2.28. The quantitative estimate of drug-likeness (QED) is 0.855. The van der Waals surface area contributed by atoms with Crippen LogP contribution in [0.25, 0.3) is 0 Å². The number of nitrogens with zero attached hydrogens (tertiary/aromatic N) is 5. The fraction of sp³-hybridized carbons (Fsp3) is 0.467. The lowest BCUT2D eigenvalue weighted by atomic mass is 9.98. The highest BCUT2D eigenvalue weighted by Crippen LogP contribution is 2.30. The van der Waals surface area contributed by atoms with Gasteiger partial charge in [0.1, 0.15) is 12.2 Å². The van der Waals surface area contributed by atoms with Crippen LogP contribution in [0.3, 0.4) is 0 Å². The first kappa shape index (κ1) is 13.1. The molecule has 3 rings (SSSR count). The number of hydrogen-bond donors (Lipinski definition) is 0. The molecule has 0 radical (unpaired) electrons. The van der Waals surface area contributed by atoms with Crippen LogP contribution in [-0.4, -0.2) is 31.4 Å². The number of likely N-dealkylation sites (tertiary alicyclic amines) is 1. The molecular formula is C15H19N5. The molecule has 1 atom stereocenters. The fourth-order valence-corrected chi connectivity index (χ4v) is 2.75. The average molecular weight is 269 g/mol. The molecule has 0 aliphatic carbocycles. The molecule has 20 heavy (non-hydrogen) atoms. The molecule has 2 aromatic heterocycles. The standard InChI is InChI=1S/C15H19N5/c1-12-17-8-13(9-18-12)10-20-7-3-2-4-15(20)14-5-6-16-11-19-14/h5-6,8-9,11,15H,2-4,7,10H2,1H3. The number of hydrogen-bond acceptors (Lipinski definition) is 5. The van der Waals surface area contributed by atoms with E-state index in [1.165, 1.54) is 12.8 Å². The van der Waals surface area contributed by atoms with E-state index in [-0.39, 0.29) is 0 Å². The number of aromatic nitrogens is 4. The van der Waals surface area contributed by atoms with Crippen molar-refractivity contribution in [2.45, 2.75) is 38.8 Å². The van der Waals surface area contributed by atoms with E-state index in [2.05, 4.69) is 24.8 Å². The van der Waals surface area contributed by atoms with E-state index in [1.54, 1.807) is 6.33 Å². The second-order valence-electron chi connectivity index (χ2n) is 5.25. The molecule has 0 saturated carbocycles. The van der Waals surface area contributed by atoms with Crippen LogP contribution in [0.1, 0.15) is 42.4 Å². The van der Waals surface area contributed by atoms with E-state index in [9.17, 15) is 0 Å². The zero-order chi connectivity index (χ0) is 13.8. The van der Waals surface area contributed by atoms with Crippen molar-refractivity contribution in [3.63, 3.8) is 0 Å². The van der Waals surface area contributed by atoms with Gasteiger partial charge in [-0.3, -0.25) is 4.90 Å². The Balaban J connectivity index is 1.77. The largest absolute Gasteiger partial charge is 0.290 e. The zero-order valence-corrected chi connectivity index (χ0v) is 11.7. The van der Waals surface area contributed by atoms with Gasteiger partial charge in [-0.2, -0.15) is 0 Å². The van der Waals surface area contributed by atoms with Gasteiger partial charge in [-0.1, -0.05) is 6.42 Å². The van der Waals surface area contributed by atoms with Gasteiger partial charge < -0.3 is 0 Å². The predicted octanol–water partition coefficient (Wildman–Crippen LogP) is 2.30. The van der Waals surface area contributed by atoms with Crippen molar-refractivity contribution >= 4 is 0 Å². The van der Waals surface area contributed by atoms with Gasteiger partial charge in [0.25, 0.3) is 0 Å². The van der Waals surface area contributed by atoms with Crippen LogP contribution in [0.2, 0.25) is 0 Å². The van der Waals surface area contributed by atoms with Crippen molar-refractivity contribution < 1.29 is 0 Å². The molecule has 1 saturated heterocycles. The normalized spacial score (nSPS) is 19.9. The Bertz CT molecular complexity index is 540. The number of rotatable bonds is 3. The molecule has 5 heteroatoms. The van der Waals surface area contributed by atoms with Crippen LogP contribution in [0.15, 0.2) is 31.0 Å². The van der Waals surface area contributed by atoms with Crippen molar-refractivity contribution in [2.75, 3.05) is 6.54 Å². The lowest BCUT2D eigenvalue weighted by molar-refractivity contribution is 0.137. The summed E-state index contributed by atoms with van der Waals surface area (Å²) in [5, 5.41) is 0. The molecule has 0 amide bonds. The van der Waals surface area contributed by atoms with Crippen LogP contribution in [0.4, 0.5) is 0 Å². The minimum Gasteiger partial charge on any atom is -0.290 e. The van der Waals surface area contributed by atoms with Gasteiger partial charge in [0.15, 0.2) is 0 Å². The predicted molar refractivity (Wildman–Crippen MR) is 75.8 cm³/mol. The van der Waals surface area contributed by atoms with Gasteiger partial charge in [0.05, 0.1) is 11.7 Å². The minimum atomic E-state index is 0.382. The summed E-state index contributed by atoms with van der Waals surface area (Å²) >= 11 is 0. The second kappa shape index (κ2) is 6.05. The molecule has 0 spiro atoms. The van der Waals surface area contributed by atoms with Crippen LogP contribution >= 0.6 is 0 Å². The first-order valence-electron chi connectivity index (χ1n) is 7.10. The van der Waals surface area contributed by atoms with E-state index in [0.717, 1.165) is 36.6 Å². The molecule has 104 valence electrons. The Hall–Kier alpha value is -1.88. The summed E-state index contributed by atoms with van der Waals surface area (Å²) in [5.74, 6) is 0.819. The lowest BCUT2D eigenvalue weighted by Crippen LogP contribution is -2.33. The van der Waals surface area contributed by atoms with Gasteiger partial charge in [-0.15, -0.1) is 0 Å². The van der Waals surface area contributed by atoms with Crippen molar-refractivity contribution in [2.24, 2.45) is 0 Å². The van der Waals surface area contributed by atoms with Crippen LogP contribution in [-0.2, 0) is 6.54 Å². The van der Waals surface area contributed by atoms with Crippen molar-refractivity contribution in [1.29, 1.82) is 0 Å². The van der Waals surface area contributed by atoms with Crippen molar-refractivity contribution in [1.82, 2.24) is 24.8 Å². The lowest BCUT2D eigenvalue weighted by Gasteiger charge is -2.35. The molecule has 0 aromatic carbocycles. The van der Waals surface area contributed by atoms with Gasteiger partial charge in [-0.05, 0) is 32.4 Å². The molecule has 1 fully saturated rings. The summed E-state index contributed by atoms with van der Waals surface area (Å²) in [6.07, 6.45) is 11.0.